The van der Waals surface area contributed by atoms with Gasteiger partial charge in [-0.3, -0.25) is 9.59 Å². The summed E-state index contributed by atoms with van der Waals surface area (Å²) < 4.78 is 24.5. The standard InChI is InChI=1S/C19H17Cl2N3O4S/c20-15-9-12(29(27,28)7-1-5-22)2-3-13(15)19(26)24-17-8-11-4-6-23-18(25)14(11)10-16(17)21/h2-4,6,8-10H,1,5,7,22H2,(H,23,25)(H,24,26). The van der Waals surface area contributed by atoms with Gasteiger partial charge in [0.05, 0.1) is 31.9 Å². The number of aromatic amines is 1. The molecular weight excluding hydrogens is 437 g/mol. The summed E-state index contributed by atoms with van der Waals surface area (Å²) in [4.78, 5) is 27.0. The van der Waals surface area contributed by atoms with Crippen molar-refractivity contribution in [1.29, 1.82) is 0 Å². The normalized spacial score (nSPS) is 11.6. The van der Waals surface area contributed by atoms with Gasteiger partial charge in [0.25, 0.3) is 11.5 Å². The molecule has 29 heavy (non-hydrogen) atoms. The molecule has 0 saturated heterocycles. The third-order valence-electron chi connectivity index (χ3n) is 4.27. The molecular formula is C19H17Cl2N3O4S. The molecule has 4 N–H and O–H groups in total. The zero-order valence-corrected chi connectivity index (χ0v) is 17.4. The average Bonchev–Trinajstić information content (AvgIpc) is 2.67. The number of sulfone groups is 1. The van der Waals surface area contributed by atoms with Crippen molar-refractivity contribution in [2.45, 2.75) is 11.3 Å². The number of H-pyrrole nitrogens is 1. The number of carbonyl (C=O) groups is 1. The van der Waals surface area contributed by atoms with Crippen LogP contribution in [0.1, 0.15) is 16.8 Å². The van der Waals surface area contributed by atoms with Crippen LogP contribution in [-0.4, -0.2) is 31.6 Å². The predicted molar refractivity (Wildman–Crippen MR) is 115 cm³/mol. The largest absolute Gasteiger partial charge is 0.330 e. The molecule has 0 saturated carbocycles. The number of hydrogen-bond acceptors (Lipinski definition) is 5. The molecule has 1 amide bonds. The van der Waals surface area contributed by atoms with Crippen LogP contribution in [0.25, 0.3) is 10.8 Å². The van der Waals surface area contributed by atoms with Crippen LogP contribution in [0.5, 0.6) is 0 Å². The highest BCUT2D eigenvalue weighted by Gasteiger charge is 2.19. The minimum atomic E-state index is -3.53. The number of pyridine rings is 1. The van der Waals surface area contributed by atoms with E-state index in [9.17, 15) is 18.0 Å². The van der Waals surface area contributed by atoms with Crippen LogP contribution in [-0.2, 0) is 9.84 Å². The van der Waals surface area contributed by atoms with Crippen LogP contribution in [0.3, 0.4) is 0 Å². The number of nitrogens with two attached hydrogens (primary N) is 1. The molecule has 10 heteroatoms. The second kappa shape index (κ2) is 8.54. The highest BCUT2D eigenvalue weighted by molar-refractivity contribution is 7.91. The second-order valence-corrected chi connectivity index (χ2v) is 9.21. The molecule has 0 aliphatic rings. The first-order valence-corrected chi connectivity index (χ1v) is 11.0. The molecule has 3 aromatic rings. The van der Waals surface area contributed by atoms with Crippen LogP contribution in [0, 0.1) is 0 Å². The molecule has 1 aromatic heterocycles. The number of aromatic nitrogens is 1. The van der Waals surface area contributed by atoms with Gasteiger partial charge in [-0.25, -0.2) is 8.42 Å². The van der Waals surface area contributed by atoms with Crippen LogP contribution in [0.2, 0.25) is 10.0 Å². The Labute approximate surface area is 176 Å². The molecule has 0 bridgehead atoms. The van der Waals surface area contributed by atoms with Gasteiger partial charge in [-0.15, -0.1) is 0 Å². The van der Waals surface area contributed by atoms with E-state index in [4.69, 9.17) is 28.9 Å². The summed E-state index contributed by atoms with van der Waals surface area (Å²) in [6, 6.07) is 8.62. The molecule has 0 spiro atoms. The number of carbonyl (C=O) groups excluding carboxylic acids is 1. The minimum Gasteiger partial charge on any atom is -0.330 e. The summed E-state index contributed by atoms with van der Waals surface area (Å²) >= 11 is 12.3. The quantitative estimate of drug-likeness (QED) is 0.528. The summed E-state index contributed by atoms with van der Waals surface area (Å²) in [6.45, 7) is 0.256. The Kier molecular flexibility index (Phi) is 6.28. The molecule has 7 nitrogen and oxygen atoms in total. The lowest BCUT2D eigenvalue weighted by Crippen LogP contribution is -2.15. The van der Waals surface area contributed by atoms with Crippen molar-refractivity contribution >= 4 is 55.4 Å². The van der Waals surface area contributed by atoms with Gasteiger partial charge in [-0.2, -0.15) is 0 Å². The monoisotopic (exact) mass is 453 g/mol. The number of nitrogens with one attached hydrogen (secondary N) is 2. The molecule has 3 rings (SSSR count). The molecule has 0 atom stereocenters. The van der Waals surface area contributed by atoms with Gasteiger partial charge in [0.1, 0.15) is 0 Å². The summed E-state index contributed by atoms with van der Waals surface area (Å²) in [5.41, 5.74) is 5.45. The van der Waals surface area contributed by atoms with Crippen molar-refractivity contribution in [1.82, 2.24) is 4.98 Å². The van der Waals surface area contributed by atoms with Gasteiger partial charge in [-0.05, 0) is 54.8 Å². The molecule has 0 fully saturated rings. The molecule has 0 aliphatic carbocycles. The van der Waals surface area contributed by atoms with E-state index in [1.54, 1.807) is 12.1 Å². The molecule has 0 aliphatic heterocycles. The molecule has 0 unspecified atom stereocenters. The highest BCUT2D eigenvalue weighted by Crippen LogP contribution is 2.28. The lowest BCUT2D eigenvalue weighted by atomic mass is 10.1. The molecule has 1 heterocycles. The maximum absolute atomic E-state index is 12.6. The van der Waals surface area contributed by atoms with Crippen molar-refractivity contribution in [3.8, 4) is 0 Å². The van der Waals surface area contributed by atoms with Crippen LogP contribution >= 0.6 is 23.2 Å². The first-order valence-electron chi connectivity index (χ1n) is 8.57. The van der Waals surface area contributed by atoms with E-state index < -0.39 is 15.7 Å². The number of fused-ring (bicyclic) bond motifs is 1. The number of rotatable bonds is 6. The van der Waals surface area contributed by atoms with E-state index in [1.165, 1.54) is 30.5 Å². The molecule has 152 valence electrons. The number of halogens is 2. The maximum atomic E-state index is 12.6. The summed E-state index contributed by atoms with van der Waals surface area (Å²) in [5, 5.41) is 3.80. The number of hydrogen-bond donors (Lipinski definition) is 3. The summed E-state index contributed by atoms with van der Waals surface area (Å²) in [7, 11) is -3.53. The Morgan fingerprint density at radius 3 is 2.55 bits per heavy atom. The van der Waals surface area contributed by atoms with Crippen molar-refractivity contribution in [3.05, 3.63) is 68.6 Å². The van der Waals surface area contributed by atoms with E-state index in [2.05, 4.69) is 10.3 Å². The van der Waals surface area contributed by atoms with Gasteiger partial charge in [-0.1, -0.05) is 23.2 Å². The number of amides is 1. The lowest BCUT2D eigenvalue weighted by Gasteiger charge is -2.11. The van der Waals surface area contributed by atoms with E-state index in [-0.39, 0.29) is 38.4 Å². The van der Waals surface area contributed by atoms with Crippen molar-refractivity contribution in [2.24, 2.45) is 5.73 Å². The Balaban J connectivity index is 1.89. The summed E-state index contributed by atoms with van der Waals surface area (Å²) in [6.07, 6.45) is 1.82. The van der Waals surface area contributed by atoms with Crippen molar-refractivity contribution in [2.75, 3.05) is 17.6 Å². The van der Waals surface area contributed by atoms with Crippen LogP contribution in [0.15, 0.2) is 52.3 Å². The minimum absolute atomic E-state index is 0.00956. The third kappa shape index (κ3) is 4.62. The zero-order chi connectivity index (χ0) is 21.2. The van der Waals surface area contributed by atoms with Gasteiger partial charge < -0.3 is 16.0 Å². The smallest absolute Gasteiger partial charge is 0.257 e. The Bertz CT molecular complexity index is 1260. The third-order valence-corrected chi connectivity index (χ3v) is 6.69. The number of benzene rings is 2. The van der Waals surface area contributed by atoms with Gasteiger partial charge in [0.2, 0.25) is 0 Å². The summed E-state index contributed by atoms with van der Waals surface area (Å²) in [5.74, 6) is -0.663. The van der Waals surface area contributed by atoms with Crippen LogP contribution in [0.4, 0.5) is 5.69 Å². The number of anilines is 1. The average molecular weight is 454 g/mol. The van der Waals surface area contributed by atoms with E-state index in [1.807, 2.05) is 0 Å². The fourth-order valence-corrected chi connectivity index (χ4v) is 4.66. The van der Waals surface area contributed by atoms with Gasteiger partial charge >= 0.3 is 0 Å². The van der Waals surface area contributed by atoms with Gasteiger partial charge in [0, 0.05) is 11.6 Å². The fraction of sp³-hybridized carbons (Fsp3) is 0.158. The van der Waals surface area contributed by atoms with E-state index >= 15 is 0 Å². The van der Waals surface area contributed by atoms with E-state index in [0.717, 1.165) is 0 Å². The zero-order valence-electron chi connectivity index (χ0n) is 15.0. The SMILES string of the molecule is NCCCS(=O)(=O)c1ccc(C(=O)Nc2cc3cc[nH]c(=O)c3cc2Cl)c(Cl)c1. The fourth-order valence-electron chi connectivity index (χ4n) is 2.76. The highest BCUT2D eigenvalue weighted by atomic mass is 35.5. The Morgan fingerprint density at radius 2 is 1.86 bits per heavy atom. The predicted octanol–water partition coefficient (Wildman–Crippen LogP) is 3.21. The lowest BCUT2D eigenvalue weighted by molar-refractivity contribution is 0.102. The van der Waals surface area contributed by atoms with E-state index in [0.29, 0.717) is 22.9 Å². The van der Waals surface area contributed by atoms with Crippen molar-refractivity contribution in [3.63, 3.8) is 0 Å². The van der Waals surface area contributed by atoms with Crippen LogP contribution < -0.4 is 16.6 Å². The Hall–Kier alpha value is -2.39. The maximum Gasteiger partial charge on any atom is 0.257 e. The Morgan fingerprint density at radius 1 is 1.10 bits per heavy atom. The molecule has 0 radical (unpaired) electrons. The topological polar surface area (TPSA) is 122 Å². The first-order chi connectivity index (χ1) is 13.7. The second-order valence-electron chi connectivity index (χ2n) is 6.28. The van der Waals surface area contributed by atoms with Crippen molar-refractivity contribution < 1.29 is 13.2 Å². The first kappa shape index (κ1) is 21.3. The van der Waals surface area contributed by atoms with Gasteiger partial charge in [0.15, 0.2) is 9.84 Å². The molecule has 2 aromatic carbocycles.